The largest absolute Gasteiger partial charge is 0.494 e. The Bertz CT molecular complexity index is 459. The Morgan fingerprint density at radius 3 is 3.05 bits per heavy atom. The first kappa shape index (κ1) is 15.8. The number of amides is 1. The summed E-state index contributed by atoms with van der Waals surface area (Å²) in [6.45, 7) is 6.66. The Morgan fingerprint density at radius 2 is 2.33 bits per heavy atom. The maximum Gasteiger partial charge on any atom is 0.222 e. The smallest absolute Gasteiger partial charge is 0.222 e. The SMILES string of the molecule is CCOc1ccccc1C(C)NC(=O)CC1COCCN1. The van der Waals surface area contributed by atoms with Crippen LogP contribution in [0.15, 0.2) is 24.3 Å². The quantitative estimate of drug-likeness (QED) is 0.837. The van der Waals surface area contributed by atoms with Crippen LogP contribution in [0.2, 0.25) is 0 Å². The van der Waals surface area contributed by atoms with Crippen LogP contribution >= 0.6 is 0 Å². The van der Waals surface area contributed by atoms with Gasteiger partial charge in [-0.1, -0.05) is 18.2 Å². The van der Waals surface area contributed by atoms with Crippen LogP contribution in [0.3, 0.4) is 0 Å². The monoisotopic (exact) mass is 292 g/mol. The molecule has 1 fully saturated rings. The van der Waals surface area contributed by atoms with E-state index in [1.54, 1.807) is 0 Å². The van der Waals surface area contributed by atoms with Gasteiger partial charge in [-0.15, -0.1) is 0 Å². The Hall–Kier alpha value is -1.59. The number of carbonyl (C=O) groups is 1. The third-order valence-electron chi connectivity index (χ3n) is 3.49. The number of hydrogen-bond acceptors (Lipinski definition) is 4. The maximum atomic E-state index is 12.1. The second-order valence-electron chi connectivity index (χ2n) is 5.19. The van der Waals surface area contributed by atoms with E-state index >= 15 is 0 Å². The highest BCUT2D eigenvalue weighted by molar-refractivity contribution is 5.77. The molecule has 0 radical (unpaired) electrons. The summed E-state index contributed by atoms with van der Waals surface area (Å²) in [5, 5.41) is 6.31. The first-order valence-electron chi connectivity index (χ1n) is 7.53. The molecule has 1 aromatic carbocycles. The minimum atomic E-state index is -0.0789. The van der Waals surface area contributed by atoms with Gasteiger partial charge < -0.3 is 20.1 Å². The zero-order valence-corrected chi connectivity index (χ0v) is 12.7. The van der Waals surface area contributed by atoms with E-state index in [0.29, 0.717) is 19.6 Å². The van der Waals surface area contributed by atoms with Crippen molar-refractivity contribution in [1.29, 1.82) is 0 Å². The predicted molar refractivity (Wildman–Crippen MR) is 81.4 cm³/mol. The first-order chi connectivity index (χ1) is 10.2. The number of nitrogens with one attached hydrogen (secondary N) is 2. The zero-order chi connectivity index (χ0) is 15.1. The Kier molecular flexibility index (Phi) is 6.02. The van der Waals surface area contributed by atoms with Gasteiger partial charge in [0, 0.05) is 24.6 Å². The highest BCUT2D eigenvalue weighted by atomic mass is 16.5. The lowest BCUT2D eigenvalue weighted by atomic mass is 10.1. The molecule has 2 unspecified atom stereocenters. The maximum absolute atomic E-state index is 12.1. The van der Waals surface area contributed by atoms with Crippen molar-refractivity contribution in [2.45, 2.75) is 32.4 Å². The summed E-state index contributed by atoms with van der Waals surface area (Å²) >= 11 is 0. The Balaban J connectivity index is 1.90. The minimum absolute atomic E-state index is 0.0248. The summed E-state index contributed by atoms with van der Waals surface area (Å²) in [7, 11) is 0. The van der Waals surface area contributed by atoms with E-state index in [1.165, 1.54) is 0 Å². The fourth-order valence-electron chi connectivity index (χ4n) is 2.48. The van der Waals surface area contributed by atoms with Gasteiger partial charge in [0.05, 0.1) is 25.9 Å². The fourth-order valence-corrected chi connectivity index (χ4v) is 2.48. The van der Waals surface area contributed by atoms with Crippen LogP contribution in [0.5, 0.6) is 5.75 Å². The van der Waals surface area contributed by atoms with Gasteiger partial charge in [-0.05, 0) is 19.9 Å². The minimum Gasteiger partial charge on any atom is -0.494 e. The number of morpholine rings is 1. The van der Waals surface area contributed by atoms with E-state index in [9.17, 15) is 4.79 Å². The number of ether oxygens (including phenoxy) is 2. The van der Waals surface area contributed by atoms with Crippen molar-refractivity contribution >= 4 is 5.91 Å². The molecule has 0 aliphatic carbocycles. The molecule has 1 amide bonds. The van der Waals surface area contributed by atoms with E-state index in [1.807, 2.05) is 38.1 Å². The van der Waals surface area contributed by atoms with Gasteiger partial charge in [-0.25, -0.2) is 0 Å². The molecule has 2 atom stereocenters. The average molecular weight is 292 g/mol. The molecule has 21 heavy (non-hydrogen) atoms. The lowest BCUT2D eigenvalue weighted by Gasteiger charge is -2.24. The van der Waals surface area contributed by atoms with Crippen molar-refractivity contribution in [2.24, 2.45) is 0 Å². The van der Waals surface area contributed by atoms with E-state index in [4.69, 9.17) is 9.47 Å². The highest BCUT2D eigenvalue weighted by Gasteiger charge is 2.19. The summed E-state index contributed by atoms with van der Waals surface area (Å²) in [5.74, 6) is 0.851. The summed E-state index contributed by atoms with van der Waals surface area (Å²) in [5.41, 5.74) is 1.00. The molecule has 116 valence electrons. The molecular weight excluding hydrogens is 268 g/mol. The van der Waals surface area contributed by atoms with E-state index in [-0.39, 0.29) is 18.0 Å². The van der Waals surface area contributed by atoms with Crippen LogP contribution in [-0.2, 0) is 9.53 Å². The van der Waals surface area contributed by atoms with Gasteiger partial charge in [0.1, 0.15) is 5.75 Å². The summed E-state index contributed by atoms with van der Waals surface area (Å²) < 4.78 is 11.0. The van der Waals surface area contributed by atoms with E-state index in [2.05, 4.69) is 10.6 Å². The number of hydrogen-bond donors (Lipinski definition) is 2. The van der Waals surface area contributed by atoms with Crippen LogP contribution in [0.1, 0.15) is 31.9 Å². The molecule has 1 saturated heterocycles. The van der Waals surface area contributed by atoms with Gasteiger partial charge in [0.2, 0.25) is 5.91 Å². The third-order valence-corrected chi connectivity index (χ3v) is 3.49. The number of carbonyl (C=O) groups excluding carboxylic acids is 1. The highest BCUT2D eigenvalue weighted by Crippen LogP contribution is 2.24. The molecular formula is C16H24N2O3. The number of rotatable bonds is 6. The predicted octanol–water partition coefficient (Wildman–Crippen LogP) is 1.64. The van der Waals surface area contributed by atoms with E-state index < -0.39 is 0 Å². The molecule has 5 heteroatoms. The standard InChI is InChI=1S/C16H24N2O3/c1-3-21-15-7-5-4-6-14(15)12(2)18-16(19)10-13-11-20-9-8-17-13/h4-7,12-13,17H,3,8-11H2,1-2H3,(H,18,19). The molecule has 1 heterocycles. The van der Waals surface area contributed by atoms with Crippen molar-refractivity contribution in [3.8, 4) is 5.75 Å². The Labute approximate surface area is 126 Å². The van der Waals surface area contributed by atoms with Gasteiger partial charge >= 0.3 is 0 Å². The molecule has 0 spiro atoms. The Morgan fingerprint density at radius 1 is 1.52 bits per heavy atom. The van der Waals surface area contributed by atoms with Gasteiger partial charge in [-0.3, -0.25) is 4.79 Å². The molecule has 5 nitrogen and oxygen atoms in total. The molecule has 1 aromatic rings. The van der Waals surface area contributed by atoms with Crippen LogP contribution in [-0.4, -0.2) is 38.3 Å². The average Bonchev–Trinajstić information content (AvgIpc) is 2.49. The zero-order valence-electron chi connectivity index (χ0n) is 12.7. The molecule has 0 saturated carbocycles. The van der Waals surface area contributed by atoms with Crippen molar-refractivity contribution in [3.05, 3.63) is 29.8 Å². The van der Waals surface area contributed by atoms with Gasteiger partial charge in [0.15, 0.2) is 0 Å². The van der Waals surface area contributed by atoms with Crippen molar-refractivity contribution in [1.82, 2.24) is 10.6 Å². The van der Waals surface area contributed by atoms with Gasteiger partial charge in [-0.2, -0.15) is 0 Å². The van der Waals surface area contributed by atoms with Crippen LogP contribution in [0, 0.1) is 0 Å². The molecule has 1 aliphatic rings. The molecule has 2 N–H and O–H groups in total. The topological polar surface area (TPSA) is 59.6 Å². The van der Waals surface area contributed by atoms with Gasteiger partial charge in [0.25, 0.3) is 0 Å². The fraction of sp³-hybridized carbons (Fsp3) is 0.562. The van der Waals surface area contributed by atoms with Crippen LogP contribution in [0.25, 0.3) is 0 Å². The summed E-state index contributed by atoms with van der Waals surface area (Å²) in [4.78, 5) is 12.1. The first-order valence-corrected chi connectivity index (χ1v) is 7.53. The molecule has 2 rings (SSSR count). The lowest BCUT2D eigenvalue weighted by molar-refractivity contribution is -0.122. The van der Waals surface area contributed by atoms with Crippen LogP contribution in [0.4, 0.5) is 0 Å². The van der Waals surface area contributed by atoms with Crippen molar-refractivity contribution < 1.29 is 14.3 Å². The second kappa shape index (κ2) is 8.00. The van der Waals surface area contributed by atoms with E-state index in [0.717, 1.165) is 24.5 Å². The molecule has 1 aliphatic heterocycles. The second-order valence-corrected chi connectivity index (χ2v) is 5.19. The van der Waals surface area contributed by atoms with Crippen LogP contribution < -0.4 is 15.4 Å². The number of benzene rings is 1. The summed E-state index contributed by atoms with van der Waals surface area (Å²) in [6, 6.07) is 7.83. The normalized spacial score (nSPS) is 19.8. The molecule has 0 aromatic heterocycles. The third kappa shape index (κ3) is 4.72. The number of para-hydroxylation sites is 1. The lowest BCUT2D eigenvalue weighted by Crippen LogP contribution is -2.44. The summed E-state index contributed by atoms with van der Waals surface area (Å²) in [6.07, 6.45) is 0.432. The van der Waals surface area contributed by atoms with Crippen molar-refractivity contribution in [2.75, 3.05) is 26.4 Å². The van der Waals surface area contributed by atoms with Crippen molar-refractivity contribution in [3.63, 3.8) is 0 Å². The molecule has 0 bridgehead atoms.